The van der Waals surface area contributed by atoms with Crippen molar-refractivity contribution in [2.45, 2.75) is 12.5 Å². The fourth-order valence-electron chi connectivity index (χ4n) is 1.42. The second kappa shape index (κ2) is 5.99. The SMILES string of the molecule is C=CCOC(=O)N1CCC(OC(=O)NC)C1. The van der Waals surface area contributed by atoms with Crippen molar-refractivity contribution in [2.75, 3.05) is 26.7 Å². The minimum atomic E-state index is -0.480. The molecule has 0 aromatic carbocycles. The molecule has 0 aromatic heterocycles. The molecule has 0 radical (unpaired) electrons. The third kappa shape index (κ3) is 3.45. The van der Waals surface area contributed by atoms with Gasteiger partial charge in [0, 0.05) is 20.0 Å². The summed E-state index contributed by atoms with van der Waals surface area (Å²) < 4.78 is 9.89. The van der Waals surface area contributed by atoms with Gasteiger partial charge in [0.2, 0.25) is 0 Å². The van der Waals surface area contributed by atoms with Gasteiger partial charge >= 0.3 is 12.2 Å². The van der Waals surface area contributed by atoms with Crippen LogP contribution in [0.1, 0.15) is 6.42 Å². The van der Waals surface area contributed by atoms with Crippen LogP contribution in [0.4, 0.5) is 9.59 Å². The molecule has 1 aliphatic heterocycles. The molecule has 0 bridgehead atoms. The average Bonchev–Trinajstić information content (AvgIpc) is 2.74. The highest BCUT2D eigenvalue weighted by Crippen LogP contribution is 2.13. The van der Waals surface area contributed by atoms with Gasteiger partial charge in [-0.25, -0.2) is 9.59 Å². The molecule has 1 unspecified atom stereocenters. The number of hydrogen-bond acceptors (Lipinski definition) is 4. The molecule has 1 saturated heterocycles. The highest BCUT2D eigenvalue weighted by atomic mass is 16.6. The summed E-state index contributed by atoms with van der Waals surface area (Å²) in [5, 5.41) is 2.36. The molecule has 1 rings (SSSR count). The Morgan fingerprint density at radius 2 is 2.38 bits per heavy atom. The lowest BCUT2D eigenvalue weighted by Gasteiger charge is -2.15. The van der Waals surface area contributed by atoms with E-state index in [4.69, 9.17) is 9.47 Å². The molecule has 0 saturated carbocycles. The lowest BCUT2D eigenvalue weighted by atomic mass is 10.3. The number of carbonyl (C=O) groups is 2. The molecule has 1 heterocycles. The molecule has 1 atom stereocenters. The van der Waals surface area contributed by atoms with Gasteiger partial charge in [-0.1, -0.05) is 12.7 Å². The number of likely N-dealkylation sites (tertiary alicyclic amines) is 1. The van der Waals surface area contributed by atoms with Crippen LogP contribution in [0, 0.1) is 0 Å². The van der Waals surface area contributed by atoms with E-state index in [1.54, 1.807) is 0 Å². The van der Waals surface area contributed by atoms with E-state index in [-0.39, 0.29) is 12.7 Å². The van der Waals surface area contributed by atoms with Crippen molar-refractivity contribution in [1.29, 1.82) is 0 Å². The van der Waals surface area contributed by atoms with Crippen LogP contribution in [-0.2, 0) is 9.47 Å². The van der Waals surface area contributed by atoms with Crippen LogP contribution in [0.5, 0.6) is 0 Å². The summed E-state index contributed by atoms with van der Waals surface area (Å²) in [5.41, 5.74) is 0. The summed E-state index contributed by atoms with van der Waals surface area (Å²) >= 11 is 0. The van der Waals surface area contributed by atoms with Crippen molar-refractivity contribution < 1.29 is 19.1 Å². The van der Waals surface area contributed by atoms with Crippen LogP contribution < -0.4 is 5.32 Å². The molecule has 0 aliphatic carbocycles. The summed E-state index contributed by atoms with van der Waals surface area (Å²) in [7, 11) is 1.49. The number of carbonyl (C=O) groups excluding carboxylic acids is 2. The fourth-order valence-corrected chi connectivity index (χ4v) is 1.42. The molecule has 6 nitrogen and oxygen atoms in total. The van der Waals surface area contributed by atoms with Gasteiger partial charge in [-0.05, 0) is 0 Å². The Labute approximate surface area is 94.2 Å². The molecule has 6 heteroatoms. The van der Waals surface area contributed by atoms with Crippen LogP contribution in [0.15, 0.2) is 12.7 Å². The molecule has 1 aliphatic rings. The lowest BCUT2D eigenvalue weighted by Crippen LogP contribution is -2.32. The van der Waals surface area contributed by atoms with Gasteiger partial charge in [0.15, 0.2) is 0 Å². The standard InChI is InChI=1S/C10H16N2O4/c1-3-6-15-10(14)12-5-4-8(7-12)16-9(13)11-2/h3,8H,1,4-7H2,2H3,(H,11,13). The van der Waals surface area contributed by atoms with Gasteiger partial charge < -0.3 is 19.7 Å². The minimum absolute atomic E-state index is 0.191. The van der Waals surface area contributed by atoms with Crippen molar-refractivity contribution in [3.8, 4) is 0 Å². The second-order valence-corrected chi connectivity index (χ2v) is 3.38. The number of nitrogens with one attached hydrogen (secondary N) is 1. The van der Waals surface area contributed by atoms with Crippen molar-refractivity contribution in [3.63, 3.8) is 0 Å². The Hall–Kier alpha value is -1.72. The first-order valence-corrected chi connectivity index (χ1v) is 5.08. The number of nitrogens with zero attached hydrogens (tertiary/aromatic N) is 1. The average molecular weight is 228 g/mol. The first kappa shape index (κ1) is 12.4. The number of ether oxygens (including phenoxy) is 2. The van der Waals surface area contributed by atoms with E-state index >= 15 is 0 Å². The summed E-state index contributed by atoms with van der Waals surface area (Å²) in [5.74, 6) is 0. The zero-order valence-electron chi connectivity index (χ0n) is 9.27. The highest BCUT2D eigenvalue weighted by molar-refractivity contribution is 5.69. The van der Waals surface area contributed by atoms with Crippen LogP contribution >= 0.6 is 0 Å². The smallest absolute Gasteiger partial charge is 0.410 e. The molecular formula is C10H16N2O4. The van der Waals surface area contributed by atoms with Crippen LogP contribution in [-0.4, -0.2) is 49.9 Å². The van der Waals surface area contributed by atoms with Gasteiger partial charge in [-0.2, -0.15) is 0 Å². The number of rotatable bonds is 3. The Balaban J connectivity index is 2.31. The normalized spacial score (nSPS) is 19.1. The predicted octanol–water partition coefficient (Wildman–Crippen LogP) is 0.739. The third-order valence-electron chi connectivity index (χ3n) is 2.21. The summed E-state index contributed by atoms with van der Waals surface area (Å²) in [6.45, 7) is 4.56. The number of alkyl carbamates (subject to hydrolysis) is 1. The van der Waals surface area contributed by atoms with Gasteiger partial charge in [-0.15, -0.1) is 0 Å². The minimum Gasteiger partial charge on any atom is -0.445 e. The van der Waals surface area contributed by atoms with E-state index in [2.05, 4.69) is 11.9 Å². The van der Waals surface area contributed by atoms with E-state index in [1.165, 1.54) is 18.0 Å². The van der Waals surface area contributed by atoms with Gasteiger partial charge in [0.05, 0.1) is 6.54 Å². The predicted molar refractivity (Wildman–Crippen MR) is 57.1 cm³/mol. The summed E-state index contributed by atoms with van der Waals surface area (Å²) in [6.07, 6.45) is 1.01. The molecule has 90 valence electrons. The van der Waals surface area contributed by atoms with Crippen molar-refractivity contribution >= 4 is 12.2 Å². The molecule has 1 fully saturated rings. The van der Waals surface area contributed by atoms with Crippen molar-refractivity contribution in [1.82, 2.24) is 10.2 Å². The Morgan fingerprint density at radius 1 is 1.62 bits per heavy atom. The Bertz CT molecular complexity index is 280. The molecule has 0 spiro atoms. The molecule has 2 amide bonds. The van der Waals surface area contributed by atoms with E-state index in [0.717, 1.165) is 0 Å². The highest BCUT2D eigenvalue weighted by Gasteiger charge is 2.29. The first-order valence-electron chi connectivity index (χ1n) is 5.08. The van der Waals surface area contributed by atoms with E-state index in [1.807, 2.05) is 0 Å². The maximum absolute atomic E-state index is 11.4. The molecule has 0 aromatic rings. The van der Waals surface area contributed by atoms with Crippen molar-refractivity contribution in [3.05, 3.63) is 12.7 Å². The van der Waals surface area contributed by atoms with Crippen LogP contribution in [0.2, 0.25) is 0 Å². The zero-order valence-corrected chi connectivity index (χ0v) is 9.27. The Morgan fingerprint density at radius 3 is 3.00 bits per heavy atom. The maximum atomic E-state index is 11.4. The van der Waals surface area contributed by atoms with E-state index in [9.17, 15) is 9.59 Å². The van der Waals surface area contributed by atoms with Gasteiger partial charge in [0.1, 0.15) is 12.7 Å². The second-order valence-electron chi connectivity index (χ2n) is 3.38. The molecular weight excluding hydrogens is 212 g/mol. The van der Waals surface area contributed by atoms with E-state index < -0.39 is 12.2 Å². The zero-order chi connectivity index (χ0) is 12.0. The fraction of sp³-hybridized carbons (Fsp3) is 0.600. The number of hydrogen-bond donors (Lipinski definition) is 1. The van der Waals surface area contributed by atoms with Crippen LogP contribution in [0.3, 0.4) is 0 Å². The third-order valence-corrected chi connectivity index (χ3v) is 2.21. The molecule has 1 N–H and O–H groups in total. The van der Waals surface area contributed by atoms with E-state index in [0.29, 0.717) is 19.5 Å². The molecule has 16 heavy (non-hydrogen) atoms. The topological polar surface area (TPSA) is 67.9 Å². The van der Waals surface area contributed by atoms with Crippen LogP contribution in [0.25, 0.3) is 0 Å². The summed E-state index contributed by atoms with van der Waals surface area (Å²) in [6, 6.07) is 0. The van der Waals surface area contributed by atoms with Gasteiger partial charge in [0.25, 0.3) is 0 Å². The Kier molecular flexibility index (Phi) is 4.63. The van der Waals surface area contributed by atoms with Crippen molar-refractivity contribution in [2.24, 2.45) is 0 Å². The quantitative estimate of drug-likeness (QED) is 0.723. The summed E-state index contributed by atoms with van der Waals surface area (Å²) in [4.78, 5) is 23.9. The first-order chi connectivity index (χ1) is 7.67. The lowest BCUT2D eigenvalue weighted by molar-refractivity contribution is 0.0922. The largest absolute Gasteiger partial charge is 0.445 e. The number of amides is 2. The monoisotopic (exact) mass is 228 g/mol. The van der Waals surface area contributed by atoms with Gasteiger partial charge in [-0.3, -0.25) is 0 Å². The maximum Gasteiger partial charge on any atom is 0.410 e.